The highest BCUT2D eigenvalue weighted by Gasteiger charge is 2.20. The van der Waals surface area contributed by atoms with Crippen LogP contribution in [0.5, 0.6) is 0 Å². The summed E-state index contributed by atoms with van der Waals surface area (Å²) in [4.78, 5) is 24.5. The largest absolute Gasteiger partial charge is 0.466 e. The Bertz CT molecular complexity index is 1240. The van der Waals surface area contributed by atoms with E-state index in [4.69, 9.17) is 4.74 Å². The molecule has 2 unspecified atom stereocenters. The Balaban J connectivity index is 3.39. The molecule has 6 heteroatoms. The number of amides is 1. The number of hydrogen-bond donors (Lipinski definition) is 3. The van der Waals surface area contributed by atoms with Gasteiger partial charge in [-0.25, -0.2) is 0 Å². The number of carbonyl (C=O) groups excluding carboxylic acids is 2. The topological polar surface area (TPSA) is 95.9 Å². The first-order chi connectivity index (χ1) is 36.5. The van der Waals surface area contributed by atoms with E-state index in [1.807, 2.05) is 0 Å². The highest BCUT2D eigenvalue weighted by molar-refractivity contribution is 5.76. The fraction of sp³-hybridized carbons (Fsp3) is 0.853. The molecular formula is C68H127NO5. The zero-order valence-electron chi connectivity index (χ0n) is 49.6. The van der Waals surface area contributed by atoms with Crippen molar-refractivity contribution >= 4 is 11.9 Å². The zero-order valence-corrected chi connectivity index (χ0v) is 49.6. The first-order valence-electron chi connectivity index (χ1n) is 32.9. The third-order valence-electron chi connectivity index (χ3n) is 15.1. The molecule has 0 fully saturated rings. The van der Waals surface area contributed by atoms with Gasteiger partial charge in [0.1, 0.15) is 0 Å². The normalized spacial score (nSPS) is 12.9. The molecule has 2 atom stereocenters. The van der Waals surface area contributed by atoms with Crippen molar-refractivity contribution in [3.8, 4) is 0 Å². The Morgan fingerprint density at radius 2 is 0.676 bits per heavy atom. The van der Waals surface area contributed by atoms with Crippen LogP contribution in [0.15, 0.2) is 48.6 Å². The number of aliphatic hydroxyl groups excluding tert-OH is 2. The van der Waals surface area contributed by atoms with Crippen LogP contribution in [0.3, 0.4) is 0 Å². The van der Waals surface area contributed by atoms with Gasteiger partial charge < -0.3 is 20.3 Å². The number of unbranched alkanes of at least 4 members (excludes halogenated alkanes) is 42. The summed E-state index contributed by atoms with van der Waals surface area (Å²) in [6.07, 6.45) is 81.4. The molecule has 0 aliphatic carbocycles. The minimum atomic E-state index is -0.664. The molecule has 434 valence electrons. The molecule has 3 N–H and O–H groups in total. The van der Waals surface area contributed by atoms with E-state index < -0.39 is 12.1 Å². The molecule has 0 aliphatic heterocycles. The van der Waals surface area contributed by atoms with Gasteiger partial charge in [-0.3, -0.25) is 9.59 Å². The second-order valence-corrected chi connectivity index (χ2v) is 22.4. The van der Waals surface area contributed by atoms with Crippen molar-refractivity contribution in [1.82, 2.24) is 5.32 Å². The summed E-state index contributed by atoms with van der Waals surface area (Å²) in [6.45, 7) is 4.92. The number of rotatable bonds is 61. The van der Waals surface area contributed by atoms with Crippen molar-refractivity contribution in [3.63, 3.8) is 0 Å². The summed E-state index contributed by atoms with van der Waals surface area (Å²) < 4.78 is 5.49. The molecule has 0 aliphatic rings. The van der Waals surface area contributed by atoms with Crippen LogP contribution in [0.2, 0.25) is 0 Å². The molecule has 0 aromatic carbocycles. The first kappa shape index (κ1) is 71.8. The lowest BCUT2D eigenvalue weighted by Gasteiger charge is -2.22. The number of allylic oxidation sites excluding steroid dienone is 8. The van der Waals surface area contributed by atoms with Crippen LogP contribution in [0.4, 0.5) is 0 Å². The molecule has 6 nitrogen and oxygen atoms in total. The van der Waals surface area contributed by atoms with Crippen molar-refractivity contribution < 1.29 is 24.5 Å². The van der Waals surface area contributed by atoms with E-state index in [9.17, 15) is 19.8 Å². The molecule has 74 heavy (non-hydrogen) atoms. The third kappa shape index (κ3) is 59.1. The Morgan fingerprint density at radius 3 is 1.05 bits per heavy atom. The van der Waals surface area contributed by atoms with Crippen LogP contribution < -0.4 is 5.32 Å². The van der Waals surface area contributed by atoms with E-state index in [1.54, 1.807) is 0 Å². The highest BCUT2D eigenvalue weighted by Crippen LogP contribution is 2.17. The van der Waals surface area contributed by atoms with E-state index in [1.165, 1.54) is 257 Å². The summed E-state index contributed by atoms with van der Waals surface area (Å²) in [5.41, 5.74) is 0. The average Bonchev–Trinajstić information content (AvgIpc) is 3.40. The van der Waals surface area contributed by atoms with Crippen LogP contribution in [0, 0.1) is 0 Å². The van der Waals surface area contributed by atoms with Crippen molar-refractivity contribution in [2.75, 3.05) is 13.2 Å². The van der Waals surface area contributed by atoms with Gasteiger partial charge in [0.25, 0.3) is 0 Å². The number of carbonyl (C=O) groups is 2. The monoisotopic (exact) mass is 1040 g/mol. The molecule has 0 rings (SSSR count). The number of esters is 1. The summed E-state index contributed by atoms with van der Waals surface area (Å²) >= 11 is 0. The van der Waals surface area contributed by atoms with E-state index in [0.29, 0.717) is 25.9 Å². The Kier molecular flexibility index (Phi) is 61.5. The fourth-order valence-corrected chi connectivity index (χ4v) is 10.1. The Hall–Kier alpha value is -2.18. The van der Waals surface area contributed by atoms with Crippen molar-refractivity contribution in [3.05, 3.63) is 48.6 Å². The van der Waals surface area contributed by atoms with Crippen molar-refractivity contribution in [2.24, 2.45) is 0 Å². The number of ether oxygens (including phenoxy) is 1. The van der Waals surface area contributed by atoms with Gasteiger partial charge in [-0.2, -0.15) is 0 Å². The SMILES string of the molecule is CCCCC/C=C\C/C=C\CCCCCCCCCC(=O)OCCCCCCCCCCC/C=C\C/C=C\CCCCCCCCCCCCCCCC(=O)NC(CO)C(O)CCCCCCCCCCCCC. The fourth-order valence-electron chi connectivity index (χ4n) is 10.1. The molecule has 0 spiro atoms. The van der Waals surface area contributed by atoms with E-state index in [2.05, 4.69) is 67.8 Å². The van der Waals surface area contributed by atoms with Crippen LogP contribution in [0.25, 0.3) is 0 Å². The van der Waals surface area contributed by atoms with Gasteiger partial charge in [-0.15, -0.1) is 0 Å². The lowest BCUT2D eigenvalue weighted by atomic mass is 10.0. The lowest BCUT2D eigenvalue weighted by Crippen LogP contribution is -2.45. The van der Waals surface area contributed by atoms with Gasteiger partial charge in [0.15, 0.2) is 0 Å². The standard InChI is InChI=1S/C68H127NO5/c1-3-5-7-9-11-13-15-16-17-31-35-38-42-46-50-54-58-62-68(73)74-63-59-55-51-47-43-39-36-33-30-28-26-24-22-20-18-19-21-23-25-27-29-32-34-37-41-45-49-53-57-61-67(72)69-65(64-70)66(71)60-56-52-48-44-40-14-12-10-8-6-4-2/h11,13,16-18,20,24,26,65-66,70-71H,3-10,12,14-15,19,21-23,25,27-64H2,1-2H3,(H,69,72)/b13-11-,17-16-,20-18-,26-24-. The Morgan fingerprint density at radius 1 is 0.378 bits per heavy atom. The summed E-state index contributed by atoms with van der Waals surface area (Å²) in [5.74, 6) is -0.0324. The maximum Gasteiger partial charge on any atom is 0.305 e. The molecule has 0 aromatic rings. The molecule has 0 bridgehead atoms. The molecule has 0 radical (unpaired) electrons. The maximum atomic E-state index is 12.5. The Labute approximate surface area is 461 Å². The van der Waals surface area contributed by atoms with Crippen LogP contribution in [0.1, 0.15) is 348 Å². The van der Waals surface area contributed by atoms with E-state index in [-0.39, 0.29) is 18.5 Å². The second kappa shape index (κ2) is 63.4. The smallest absolute Gasteiger partial charge is 0.305 e. The average molecular weight is 1040 g/mol. The van der Waals surface area contributed by atoms with Gasteiger partial charge in [0.2, 0.25) is 5.91 Å². The second-order valence-electron chi connectivity index (χ2n) is 22.4. The van der Waals surface area contributed by atoms with Crippen LogP contribution in [-0.4, -0.2) is 47.4 Å². The third-order valence-corrected chi connectivity index (χ3v) is 15.1. The van der Waals surface area contributed by atoms with Crippen LogP contribution >= 0.6 is 0 Å². The van der Waals surface area contributed by atoms with Gasteiger partial charge in [0.05, 0.1) is 25.4 Å². The summed E-state index contributed by atoms with van der Waals surface area (Å²) in [5, 5.41) is 23.2. The first-order valence-corrected chi connectivity index (χ1v) is 32.9. The number of nitrogens with one attached hydrogen (secondary N) is 1. The quantitative estimate of drug-likeness (QED) is 0.0320. The predicted octanol–water partition coefficient (Wildman–Crippen LogP) is 20.9. The molecule has 1 amide bonds. The van der Waals surface area contributed by atoms with Crippen molar-refractivity contribution in [2.45, 2.75) is 360 Å². The van der Waals surface area contributed by atoms with Crippen molar-refractivity contribution in [1.29, 1.82) is 0 Å². The molecular weight excluding hydrogens is 911 g/mol. The molecule has 0 aromatic heterocycles. The van der Waals surface area contributed by atoms with Crippen LogP contribution in [-0.2, 0) is 14.3 Å². The molecule has 0 heterocycles. The minimum Gasteiger partial charge on any atom is -0.466 e. The van der Waals surface area contributed by atoms with Gasteiger partial charge in [-0.05, 0) is 89.9 Å². The molecule has 0 saturated heterocycles. The lowest BCUT2D eigenvalue weighted by molar-refractivity contribution is -0.143. The zero-order chi connectivity index (χ0) is 53.6. The number of hydrogen-bond acceptors (Lipinski definition) is 5. The van der Waals surface area contributed by atoms with Gasteiger partial charge in [0, 0.05) is 12.8 Å². The molecule has 0 saturated carbocycles. The summed E-state index contributed by atoms with van der Waals surface area (Å²) in [6, 6.07) is -0.541. The van der Waals surface area contributed by atoms with Gasteiger partial charge >= 0.3 is 5.97 Å². The predicted molar refractivity (Wildman–Crippen MR) is 324 cm³/mol. The van der Waals surface area contributed by atoms with Gasteiger partial charge in [-0.1, -0.05) is 294 Å². The maximum absolute atomic E-state index is 12.5. The van der Waals surface area contributed by atoms with E-state index >= 15 is 0 Å². The highest BCUT2D eigenvalue weighted by atomic mass is 16.5. The minimum absolute atomic E-state index is 0.00406. The summed E-state index contributed by atoms with van der Waals surface area (Å²) in [7, 11) is 0. The van der Waals surface area contributed by atoms with E-state index in [0.717, 1.165) is 57.8 Å². The number of aliphatic hydroxyl groups is 2.